The first kappa shape index (κ1) is 11.1. The normalized spacial score (nSPS) is 12.8. The molecule has 1 unspecified atom stereocenters. The summed E-state index contributed by atoms with van der Waals surface area (Å²) in [5.74, 6) is 0. The fraction of sp³-hybridized carbons (Fsp3) is 0.400. The molecule has 0 aliphatic rings. The number of benzene rings is 1. The Hall–Kier alpha value is 0.0495. The quantitative estimate of drug-likeness (QED) is 0.630. The van der Waals surface area contributed by atoms with Crippen molar-refractivity contribution in [1.82, 2.24) is 0 Å². The summed E-state index contributed by atoms with van der Waals surface area (Å²) in [5.41, 5.74) is 1.21. The van der Waals surface area contributed by atoms with E-state index in [0.717, 1.165) is 5.32 Å². The van der Waals surface area contributed by atoms with Crippen LogP contribution in [-0.2, 0) is 11.3 Å². The maximum absolute atomic E-state index is 5.48. The zero-order valence-electron chi connectivity index (χ0n) is 7.35. The summed E-state index contributed by atoms with van der Waals surface area (Å²) in [7, 11) is 0. The average Bonchev–Trinajstić information content (AvgIpc) is 2.19. The number of rotatable bonds is 5. The van der Waals surface area contributed by atoms with Gasteiger partial charge in [0.25, 0.3) is 0 Å². The molecular weight excluding hydrogens is 247 g/mol. The van der Waals surface area contributed by atoms with Crippen molar-refractivity contribution in [3.8, 4) is 0 Å². The van der Waals surface area contributed by atoms with Gasteiger partial charge in [-0.1, -0.05) is 0 Å². The summed E-state index contributed by atoms with van der Waals surface area (Å²) >= 11 is 7.25. The van der Waals surface area contributed by atoms with E-state index in [1.807, 2.05) is 18.2 Å². The molecule has 13 heavy (non-hydrogen) atoms. The van der Waals surface area contributed by atoms with Gasteiger partial charge in [-0.25, -0.2) is 0 Å². The van der Waals surface area contributed by atoms with Crippen molar-refractivity contribution in [3.63, 3.8) is 0 Å². The summed E-state index contributed by atoms with van der Waals surface area (Å²) in [6.07, 6.45) is 0. The zero-order chi connectivity index (χ0) is 9.52. The van der Waals surface area contributed by atoms with Gasteiger partial charge in [0.1, 0.15) is 0 Å². The third-order valence-corrected chi connectivity index (χ3v) is 3.35. The molecule has 0 N–H and O–H groups in total. The van der Waals surface area contributed by atoms with Crippen LogP contribution in [0, 0.1) is 0 Å². The Bertz CT molecular complexity index is 228. The molecule has 0 aliphatic heterocycles. The second-order valence-corrected chi connectivity index (χ2v) is 4.25. The van der Waals surface area contributed by atoms with Gasteiger partial charge in [-0.15, -0.1) is 0 Å². The molecule has 0 fully saturated rings. The van der Waals surface area contributed by atoms with E-state index in [2.05, 4.69) is 40.8 Å². The molecule has 0 bridgehead atoms. The van der Waals surface area contributed by atoms with E-state index in [-0.39, 0.29) is 0 Å². The van der Waals surface area contributed by atoms with Crippen molar-refractivity contribution in [2.75, 3.05) is 6.61 Å². The van der Waals surface area contributed by atoms with Crippen LogP contribution in [0.4, 0.5) is 0 Å². The van der Waals surface area contributed by atoms with Crippen LogP contribution in [0.5, 0.6) is 0 Å². The van der Waals surface area contributed by atoms with Crippen molar-refractivity contribution in [2.24, 2.45) is 0 Å². The molecular formula is C10H13OSSe. The molecule has 1 rings (SSSR count). The Morgan fingerprint density at radius 2 is 2.00 bits per heavy atom. The first-order valence-electron chi connectivity index (χ1n) is 4.20. The summed E-state index contributed by atoms with van der Waals surface area (Å²) in [6.45, 7) is 1.38. The summed E-state index contributed by atoms with van der Waals surface area (Å²) < 4.78 is 5.48. The van der Waals surface area contributed by atoms with Gasteiger partial charge in [0, 0.05) is 0 Å². The summed E-state index contributed by atoms with van der Waals surface area (Å²) in [5, 5.41) is 1.24. The van der Waals surface area contributed by atoms with Gasteiger partial charge in [0.05, 0.1) is 0 Å². The van der Waals surface area contributed by atoms with Gasteiger partial charge in [0.2, 0.25) is 0 Å². The predicted octanol–water partition coefficient (Wildman–Crippen LogP) is 2.09. The second kappa shape index (κ2) is 6.50. The van der Waals surface area contributed by atoms with Crippen LogP contribution in [0.25, 0.3) is 0 Å². The molecule has 0 saturated heterocycles. The van der Waals surface area contributed by atoms with Crippen molar-refractivity contribution in [1.29, 1.82) is 0 Å². The third-order valence-electron chi connectivity index (χ3n) is 1.61. The molecule has 0 heterocycles. The van der Waals surface area contributed by atoms with Crippen LogP contribution in [0.1, 0.15) is 5.56 Å². The van der Waals surface area contributed by atoms with Gasteiger partial charge in [-0.05, 0) is 0 Å². The maximum atomic E-state index is 5.48. The first-order chi connectivity index (χ1) is 6.33. The minimum absolute atomic E-state index is 0.309. The van der Waals surface area contributed by atoms with Crippen molar-refractivity contribution in [2.45, 2.75) is 17.2 Å². The van der Waals surface area contributed by atoms with E-state index in [1.165, 1.54) is 5.56 Å². The number of hydrogen-bond donors (Lipinski definition) is 1. The standard InChI is InChI=1S/C10H13OSSe/c12-10(8-13)7-11-6-9-4-2-1-3-5-9/h1-5,10,12H,6-8H2. The molecule has 1 nitrogen and oxygen atoms in total. The molecule has 1 aromatic rings. The van der Waals surface area contributed by atoms with E-state index in [0.29, 0.717) is 18.5 Å². The van der Waals surface area contributed by atoms with Crippen LogP contribution < -0.4 is 0 Å². The Morgan fingerprint density at radius 1 is 1.31 bits per heavy atom. The number of ether oxygens (including phenoxy) is 1. The topological polar surface area (TPSA) is 9.23 Å². The molecule has 71 valence electrons. The van der Waals surface area contributed by atoms with Crippen LogP contribution in [0.3, 0.4) is 0 Å². The van der Waals surface area contributed by atoms with Crippen LogP contribution in [-0.4, -0.2) is 27.9 Å². The summed E-state index contributed by atoms with van der Waals surface area (Å²) in [6, 6.07) is 10.2. The zero-order valence-corrected chi connectivity index (χ0v) is 9.96. The molecule has 0 saturated carbocycles. The molecule has 0 spiro atoms. The van der Waals surface area contributed by atoms with Gasteiger partial charge >= 0.3 is 93.1 Å². The Morgan fingerprint density at radius 3 is 2.62 bits per heavy atom. The van der Waals surface area contributed by atoms with Gasteiger partial charge < -0.3 is 0 Å². The first-order valence-corrected chi connectivity index (χ1v) is 5.93. The predicted molar refractivity (Wildman–Crippen MR) is 59.4 cm³/mol. The van der Waals surface area contributed by atoms with Gasteiger partial charge in [-0.2, -0.15) is 0 Å². The second-order valence-electron chi connectivity index (χ2n) is 2.82. The molecule has 0 aromatic heterocycles. The van der Waals surface area contributed by atoms with Crippen LogP contribution in [0.2, 0.25) is 5.32 Å². The van der Waals surface area contributed by atoms with E-state index in [4.69, 9.17) is 4.74 Å². The van der Waals surface area contributed by atoms with Crippen molar-refractivity contribution in [3.05, 3.63) is 35.9 Å². The molecule has 3 heteroatoms. The fourth-order valence-electron chi connectivity index (χ4n) is 0.935. The van der Waals surface area contributed by atoms with Crippen molar-refractivity contribution >= 4 is 28.6 Å². The van der Waals surface area contributed by atoms with Crippen molar-refractivity contribution < 1.29 is 4.74 Å². The Kier molecular flexibility index (Phi) is 5.56. The van der Waals surface area contributed by atoms with E-state index >= 15 is 0 Å². The van der Waals surface area contributed by atoms with E-state index in [9.17, 15) is 0 Å². The van der Waals surface area contributed by atoms with Crippen LogP contribution >= 0.6 is 12.6 Å². The van der Waals surface area contributed by atoms with Gasteiger partial charge in [-0.3, -0.25) is 0 Å². The number of hydrogen-bond acceptors (Lipinski definition) is 2. The van der Waals surface area contributed by atoms with E-state index < -0.39 is 0 Å². The van der Waals surface area contributed by atoms with E-state index in [1.54, 1.807) is 0 Å². The SMILES string of the molecule is SC(C[Se])COCc1ccccc1. The fourth-order valence-corrected chi connectivity index (χ4v) is 1.24. The molecule has 1 radical (unpaired) electrons. The third kappa shape index (κ3) is 4.72. The minimum atomic E-state index is 0.309. The Labute approximate surface area is 93.1 Å². The average molecular weight is 260 g/mol. The number of thiol groups is 1. The monoisotopic (exact) mass is 261 g/mol. The van der Waals surface area contributed by atoms with Crippen LogP contribution in [0.15, 0.2) is 30.3 Å². The Balaban J connectivity index is 2.20. The molecule has 0 amide bonds. The molecule has 0 aliphatic carbocycles. The molecule has 1 atom stereocenters. The van der Waals surface area contributed by atoms with Gasteiger partial charge in [0.15, 0.2) is 0 Å². The molecule has 1 aromatic carbocycles. The summed E-state index contributed by atoms with van der Waals surface area (Å²) in [4.78, 5) is 0.